The standard InChI is InChI=1S/C15H15Cl3N2/c1-2-6-20-15(11-5-7-19-9-14(11)18)12-8-10(16)3-4-13(12)17/h3-5,7-9,15,20H,2,6H2,1H3. The van der Waals surface area contributed by atoms with Crippen LogP contribution in [0.1, 0.15) is 30.5 Å². The molecule has 0 aliphatic rings. The molecule has 1 aromatic carbocycles. The lowest BCUT2D eigenvalue weighted by molar-refractivity contribution is 0.598. The van der Waals surface area contributed by atoms with Gasteiger partial charge in [-0.3, -0.25) is 4.98 Å². The molecule has 1 unspecified atom stereocenters. The molecule has 0 spiro atoms. The minimum atomic E-state index is -0.100. The van der Waals surface area contributed by atoms with Crippen LogP contribution in [0.25, 0.3) is 0 Å². The number of hydrogen-bond donors (Lipinski definition) is 1. The maximum absolute atomic E-state index is 6.31. The fourth-order valence-electron chi connectivity index (χ4n) is 2.03. The Morgan fingerprint density at radius 3 is 2.60 bits per heavy atom. The lowest BCUT2D eigenvalue weighted by Gasteiger charge is -2.21. The highest BCUT2D eigenvalue weighted by atomic mass is 35.5. The van der Waals surface area contributed by atoms with Gasteiger partial charge in [0.1, 0.15) is 0 Å². The van der Waals surface area contributed by atoms with E-state index in [2.05, 4.69) is 17.2 Å². The van der Waals surface area contributed by atoms with Crippen LogP contribution in [0.2, 0.25) is 15.1 Å². The van der Waals surface area contributed by atoms with E-state index >= 15 is 0 Å². The van der Waals surface area contributed by atoms with Crippen molar-refractivity contribution >= 4 is 34.8 Å². The molecular weight excluding hydrogens is 315 g/mol. The lowest BCUT2D eigenvalue weighted by atomic mass is 9.99. The predicted molar refractivity (Wildman–Crippen MR) is 85.8 cm³/mol. The highest BCUT2D eigenvalue weighted by molar-refractivity contribution is 6.34. The lowest BCUT2D eigenvalue weighted by Crippen LogP contribution is -2.24. The Labute approximate surface area is 134 Å². The van der Waals surface area contributed by atoms with Crippen molar-refractivity contribution in [1.82, 2.24) is 10.3 Å². The van der Waals surface area contributed by atoms with Crippen molar-refractivity contribution in [2.24, 2.45) is 0 Å². The van der Waals surface area contributed by atoms with Gasteiger partial charge in [0.25, 0.3) is 0 Å². The van der Waals surface area contributed by atoms with Crippen molar-refractivity contribution in [3.05, 3.63) is 62.9 Å². The molecule has 1 atom stereocenters. The van der Waals surface area contributed by atoms with E-state index in [1.54, 1.807) is 24.5 Å². The molecule has 106 valence electrons. The van der Waals surface area contributed by atoms with E-state index in [0.29, 0.717) is 15.1 Å². The van der Waals surface area contributed by atoms with Gasteiger partial charge in [0.05, 0.1) is 11.1 Å². The van der Waals surface area contributed by atoms with Crippen LogP contribution in [0.4, 0.5) is 0 Å². The first-order valence-corrected chi connectivity index (χ1v) is 7.54. The van der Waals surface area contributed by atoms with Gasteiger partial charge in [-0.15, -0.1) is 0 Å². The van der Waals surface area contributed by atoms with Crippen molar-refractivity contribution in [3.63, 3.8) is 0 Å². The molecule has 0 fully saturated rings. The number of rotatable bonds is 5. The molecular formula is C15H15Cl3N2. The number of nitrogens with one attached hydrogen (secondary N) is 1. The molecule has 1 N–H and O–H groups in total. The SMILES string of the molecule is CCCNC(c1ccncc1Cl)c1cc(Cl)ccc1Cl. The molecule has 20 heavy (non-hydrogen) atoms. The van der Waals surface area contributed by atoms with E-state index in [4.69, 9.17) is 34.8 Å². The van der Waals surface area contributed by atoms with Crippen molar-refractivity contribution in [2.75, 3.05) is 6.54 Å². The summed E-state index contributed by atoms with van der Waals surface area (Å²) in [6, 6.07) is 7.24. The Kier molecular flexibility index (Phi) is 5.67. The summed E-state index contributed by atoms with van der Waals surface area (Å²) in [6.07, 6.45) is 4.37. The highest BCUT2D eigenvalue weighted by Gasteiger charge is 2.19. The average molecular weight is 330 g/mol. The van der Waals surface area contributed by atoms with Gasteiger partial charge in [0, 0.05) is 22.4 Å². The molecule has 0 saturated carbocycles. The summed E-state index contributed by atoms with van der Waals surface area (Å²) >= 11 is 18.7. The molecule has 2 rings (SSSR count). The third kappa shape index (κ3) is 3.64. The molecule has 0 amide bonds. The van der Waals surface area contributed by atoms with Crippen LogP contribution >= 0.6 is 34.8 Å². The van der Waals surface area contributed by atoms with Gasteiger partial charge < -0.3 is 5.32 Å². The smallest absolute Gasteiger partial charge is 0.0640 e. The summed E-state index contributed by atoms with van der Waals surface area (Å²) < 4.78 is 0. The van der Waals surface area contributed by atoms with Gasteiger partial charge >= 0.3 is 0 Å². The van der Waals surface area contributed by atoms with Gasteiger partial charge in [-0.25, -0.2) is 0 Å². The van der Waals surface area contributed by atoms with Crippen molar-refractivity contribution in [2.45, 2.75) is 19.4 Å². The number of pyridine rings is 1. The number of hydrogen-bond acceptors (Lipinski definition) is 2. The fourth-order valence-corrected chi connectivity index (χ4v) is 2.67. The normalized spacial score (nSPS) is 12.4. The second-order valence-electron chi connectivity index (χ2n) is 4.45. The summed E-state index contributed by atoms with van der Waals surface area (Å²) in [4.78, 5) is 4.02. The highest BCUT2D eigenvalue weighted by Crippen LogP contribution is 2.33. The van der Waals surface area contributed by atoms with Crippen LogP contribution in [0.15, 0.2) is 36.7 Å². The summed E-state index contributed by atoms with van der Waals surface area (Å²) in [5.74, 6) is 0. The number of halogens is 3. The van der Waals surface area contributed by atoms with E-state index < -0.39 is 0 Å². The Morgan fingerprint density at radius 2 is 1.90 bits per heavy atom. The van der Waals surface area contributed by atoms with Gasteiger partial charge in [-0.2, -0.15) is 0 Å². The van der Waals surface area contributed by atoms with Crippen molar-refractivity contribution in [3.8, 4) is 0 Å². The van der Waals surface area contributed by atoms with Crippen molar-refractivity contribution in [1.29, 1.82) is 0 Å². The summed E-state index contributed by atoms with van der Waals surface area (Å²) in [7, 11) is 0. The number of benzene rings is 1. The van der Waals surface area contributed by atoms with Gasteiger partial charge in [0.2, 0.25) is 0 Å². The summed E-state index contributed by atoms with van der Waals surface area (Å²) in [5.41, 5.74) is 1.86. The molecule has 0 bridgehead atoms. The third-order valence-electron chi connectivity index (χ3n) is 2.98. The van der Waals surface area contributed by atoms with E-state index in [0.717, 1.165) is 24.1 Å². The fraction of sp³-hybridized carbons (Fsp3) is 0.267. The van der Waals surface area contributed by atoms with Crippen LogP contribution in [-0.2, 0) is 0 Å². The third-order valence-corrected chi connectivity index (χ3v) is 3.88. The molecule has 5 heteroatoms. The van der Waals surface area contributed by atoms with Crippen LogP contribution in [0, 0.1) is 0 Å². The largest absolute Gasteiger partial charge is 0.306 e. The molecule has 0 aliphatic heterocycles. The monoisotopic (exact) mass is 328 g/mol. The van der Waals surface area contributed by atoms with E-state index in [-0.39, 0.29) is 6.04 Å². The molecule has 1 aromatic heterocycles. The molecule has 0 aliphatic carbocycles. The van der Waals surface area contributed by atoms with Crippen LogP contribution < -0.4 is 5.32 Å². The van der Waals surface area contributed by atoms with E-state index in [1.165, 1.54) is 0 Å². The quantitative estimate of drug-likeness (QED) is 0.822. The Morgan fingerprint density at radius 1 is 1.10 bits per heavy atom. The Hall–Kier alpha value is -0.800. The maximum Gasteiger partial charge on any atom is 0.0640 e. The first kappa shape index (κ1) is 15.6. The zero-order valence-corrected chi connectivity index (χ0v) is 13.3. The topological polar surface area (TPSA) is 24.9 Å². The molecule has 2 nitrogen and oxygen atoms in total. The maximum atomic E-state index is 6.31. The minimum absolute atomic E-state index is 0.100. The first-order valence-electron chi connectivity index (χ1n) is 6.41. The van der Waals surface area contributed by atoms with Crippen LogP contribution in [0.5, 0.6) is 0 Å². The predicted octanol–water partition coefficient (Wildman–Crippen LogP) is 5.13. The minimum Gasteiger partial charge on any atom is -0.306 e. The van der Waals surface area contributed by atoms with Crippen molar-refractivity contribution < 1.29 is 0 Å². The average Bonchev–Trinajstić information content (AvgIpc) is 2.44. The van der Waals surface area contributed by atoms with E-state index in [9.17, 15) is 0 Å². The second kappa shape index (κ2) is 7.28. The van der Waals surface area contributed by atoms with Gasteiger partial charge in [0.15, 0.2) is 0 Å². The van der Waals surface area contributed by atoms with Crippen LogP contribution in [0.3, 0.4) is 0 Å². The summed E-state index contributed by atoms with van der Waals surface area (Å²) in [6.45, 7) is 2.96. The Balaban J connectivity index is 2.47. The molecule has 1 heterocycles. The number of aromatic nitrogens is 1. The second-order valence-corrected chi connectivity index (χ2v) is 5.70. The van der Waals surface area contributed by atoms with E-state index in [1.807, 2.05) is 12.1 Å². The zero-order chi connectivity index (χ0) is 14.5. The molecule has 0 saturated heterocycles. The molecule has 2 aromatic rings. The molecule has 0 radical (unpaired) electrons. The first-order chi connectivity index (χ1) is 9.63. The zero-order valence-electron chi connectivity index (χ0n) is 11.0. The van der Waals surface area contributed by atoms with Gasteiger partial charge in [-0.05, 0) is 48.4 Å². The van der Waals surface area contributed by atoms with Crippen LogP contribution in [-0.4, -0.2) is 11.5 Å². The Bertz CT molecular complexity index is 587. The van der Waals surface area contributed by atoms with Gasteiger partial charge in [-0.1, -0.05) is 41.7 Å². The summed E-state index contributed by atoms with van der Waals surface area (Å²) in [5, 5.41) is 5.38. The number of nitrogens with zero attached hydrogens (tertiary/aromatic N) is 1.